The van der Waals surface area contributed by atoms with Gasteiger partial charge >= 0.3 is 0 Å². The minimum absolute atomic E-state index is 0.00482. The summed E-state index contributed by atoms with van der Waals surface area (Å²) in [6.45, 7) is 0.436. The summed E-state index contributed by atoms with van der Waals surface area (Å²) in [6, 6.07) is 18.0. The number of aromatic nitrogens is 2. The van der Waals surface area contributed by atoms with Gasteiger partial charge in [0.05, 0.1) is 10.5 Å². The second-order valence-corrected chi connectivity index (χ2v) is 10.4. The standard InChI is InChI=1S/C22H21N5O3S2/c23-15-18-8-4-5-9-19(18)32(29,30)27-12-10-17(11-13-27)21(28)24-22-26-25-20(31-22)14-16-6-2-1-3-7-16/h1-9,17H,10-14H2,(H,24,26,28). The first kappa shape index (κ1) is 22.1. The van der Waals surface area contributed by atoms with E-state index in [1.165, 1.54) is 27.8 Å². The Morgan fingerprint density at radius 2 is 1.78 bits per heavy atom. The van der Waals surface area contributed by atoms with Crippen LogP contribution in [0.4, 0.5) is 5.13 Å². The lowest BCUT2D eigenvalue weighted by molar-refractivity contribution is -0.120. The molecule has 1 N–H and O–H groups in total. The largest absolute Gasteiger partial charge is 0.300 e. The molecule has 0 bridgehead atoms. The van der Waals surface area contributed by atoms with Gasteiger partial charge in [-0.25, -0.2) is 8.42 Å². The number of carbonyl (C=O) groups excluding carboxylic acids is 1. The Bertz CT molecular complexity index is 1240. The van der Waals surface area contributed by atoms with E-state index in [9.17, 15) is 18.5 Å². The van der Waals surface area contributed by atoms with E-state index in [-0.39, 0.29) is 35.4 Å². The van der Waals surface area contributed by atoms with E-state index >= 15 is 0 Å². The fraction of sp³-hybridized carbons (Fsp3) is 0.273. The van der Waals surface area contributed by atoms with Crippen molar-refractivity contribution in [2.24, 2.45) is 5.92 Å². The van der Waals surface area contributed by atoms with Crippen molar-refractivity contribution in [1.82, 2.24) is 14.5 Å². The predicted molar refractivity (Wildman–Crippen MR) is 120 cm³/mol. The van der Waals surface area contributed by atoms with Gasteiger partial charge in [0.2, 0.25) is 21.1 Å². The Morgan fingerprint density at radius 1 is 1.09 bits per heavy atom. The van der Waals surface area contributed by atoms with Gasteiger partial charge in [-0.3, -0.25) is 4.79 Å². The molecular formula is C22H21N5O3S2. The molecule has 0 saturated carbocycles. The Kier molecular flexibility index (Phi) is 6.60. The second kappa shape index (κ2) is 9.56. The van der Waals surface area contributed by atoms with Crippen molar-refractivity contribution >= 4 is 32.4 Å². The van der Waals surface area contributed by atoms with Crippen molar-refractivity contribution < 1.29 is 13.2 Å². The van der Waals surface area contributed by atoms with Gasteiger partial charge in [0.1, 0.15) is 11.1 Å². The number of benzene rings is 2. The second-order valence-electron chi connectivity index (χ2n) is 7.44. The van der Waals surface area contributed by atoms with Crippen LogP contribution in [0.3, 0.4) is 0 Å². The molecule has 4 rings (SSSR count). The topological polar surface area (TPSA) is 116 Å². The van der Waals surface area contributed by atoms with Crippen LogP contribution in [0.15, 0.2) is 59.5 Å². The van der Waals surface area contributed by atoms with Gasteiger partial charge in [-0.2, -0.15) is 9.57 Å². The maximum atomic E-state index is 12.9. The van der Waals surface area contributed by atoms with Crippen molar-refractivity contribution in [3.63, 3.8) is 0 Å². The molecule has 1 fully saturated rings. The Labute approximate surface area is 190 Å². The van der Waals surface area contributed by atoms with Gasteiger partial charge in [0.25, 0.3) is 0 Å². The molecule has 2 aromatic carbocycles. The van der Waals surface area contributed by atoms with Crippen molar-refractivity contribution in [3.8, 4) is 6.07 Å². The summed E-state index contributed by atoms with van der Waals surface area (Å²) in [5.74, 6) is -0.490. The number of nitrogens with one attached hydrogen (secondary N) is 1. The van der Waals surface area contributed by atoms with E-state index in [0.29, 0.717) is 24.4 Å². The average molecular weight is 468 g/mol. The molecule has 1 aromatic heterocycles. The summed E-state index contributed by atoms with van der Waals surface area (Å²) in [5.41, 5.74) is 1.24. The normalized spacial score (nSPS) is 15.2. The van der Waals surface area contributed by atoms with Crippen molar-refractivity contribution in [1.29, 1.82) is 5.26 Å². The molecule has 0 aliphatic carbocycles. The highest BCUT2D eigenvalue weighted by atomic mass is 32.2. The monoisotopic (exact) mass is 467 g/mol. The fourth-order valence-electron chi connectivity index (χ4n) is 3.63. The van der Waals surface area contributed by atoms with E-state index in [1.54, 1.807) is 12.1 Å². The first-order chi connectivity index (χ1) is 15.5. The van der Waals surface area contributed by atoms with Crippen LogP contribution in [0.25, 0.3) is 0 Å². The third-order valence-electron chi connectivity index (χ3n) is 5.35. The van der Waals surface area contributed by atoms with E-state index in [1.807, 2.05) is 36.4 Å². The number of anilines is 1. The summed E-state index contributed by atoms with van der Waals surface area (Å²) in [6.07, 6.45) is 1.44. The molecule has 0 spiro atoms. The van der Waals surface area contributed by atoms with Crippen LogP contribution >= 0.6 is 11.3 Å². The van der Waals surface area contributed by atoms with Gasteiger partial charge < -0.3 is 5.32 Å². The summed E-state index contributed by atoms with van der Waals surface area (Å²) in [5, 5.41) is 21.5. The van der Waals surface area contributed by atoms with Crippen molar-refractivity contribution in [2.45, 2.75) is 24.2 Å². The van der Waals surface area contributed by atoms with Gasteiger partial charge in [-0.15, -0.1) is 10.2 Å². The smallest absolute Gasteiger partial charge is 0.244 e. The summed E-state index contributed by atoms with van der Waals surface area (Å²) >= 11 is 1.34. The molecule has 1 aliphatic heterocycles. The Balaban J connectivity index is 1.34. The van der Waals surface area contributed by atoms with Crippen LogP contribution in [0.1, 0.15) is 29.0 Å². The van der Waals surface area contributed by atoms with E-state index in [4.69, 9.17) is 0 Å². The molecule has 3 aromatic rings. The minimum Gasteiger partial charge on any atom is -0.300 e. The Hall–Kier alpha value is -3.13. The van der Waals surface area contributed by atoms with Crippen molar-refractivity contribution in [3.05, 3.63) is 70.7 Å². The fourth-order valence-corrected chi connectivity index (χ4v) is 6.02. The van der Waals surface area contributed by atoms with E-state index in [0.717, 1.165) is 10.6 Å². The summed E-state index contributed by atoms with van der Waals surface area (Å²) < 4.78 is 27.2. The van der Waals surface area contributed by atoms with Crippen LogP contribution in [0.5, 0.6) is 0 Å². The number of carbonyl (C=O) groups is 1. The molecule has 0 atom stereocenters. The summed E-state index contributed by atoms with van der Waals surface area (Å²) in [4.78, 5) is 12.7. The zero-order chi connectivity index (χ0) is 22.6. The Morgan fingerprint density at radius 3 is 2.50 bits per heavy atom. The number of hydrogen-bond acceptors (Lipinski definition) is 7. The first-order valence-corrected chi connectivity index (χ1v) is 12.4. The molecule has 2 heterocycles. The maximum Gasteiger partial charge on any atom is 0.244 e. The zero-order valence-electron chi connectivity index (χ0n) is 17.1. The molecule has 164 valence electrons. The SMILES string of the molecule is N#Cc1ccccc1S(=O)(=O)N1CCC(C(=O)Nc2nnc(Cc3ccccc3)s2)CC1. The lowest BCUT2D eigenvalue weighted by atomic mass is 9.97. The highest BCUT2D eigenvalue weighted by Crippen LogP contribution is 2.27. The van der Waals surface area contributed by atoms with Gasteiger partial charge in [0.15, 0.2) is 0 Å². The van der Waals surface area contributed by atoms with Gasteiger partial charge in [-0.1, -0.05) is 53.8 Å². The molecule has 1 aliphatic rings. The van der Waals surface area contributed by atoms with Gasteiger partial charge in [-0.05, 0) is 30.5 Å². The molecule has 0 unspecified atom stereocenters. The highest BCUT2D eigenvalue weighted by Gasteiger charge is 2.33. The lowest BCUT2D eigenvalue weighted by Crippen LogP contribution is -2.41. The maximum absolute atomic E-state index is 12.9. The molecule has 1 amide bonds. The number of piperidine rings is 1. The average Bonchev–Trinajstić information content (AvgIpc) is 3.26. The van der Waals surface area contributed by atoms with Gasteiger partial charge in [0, 0.05) is 25.4 Å². The number of nitriles is 1. The van der Waals surface area contributed by atoms with E-state index < -0.39 is 10.0 Å². The van der Waals surface area contributed by atoms with Crippen LogP contribution in [0.2, 0.25) is 0 Å². The molecule has 8 nitrogen and oxygen atoms in total. The predicted octanol–water partition coefficient (Wildman–Crippen LogP) is 3.04. The zero-order valence-corrected chi connectivity index (χ0v) is 18.8. The molecule has 32 heavy (non-hydrogen) atoms. The van der Waals surface area contributed by atoms with Crippen LogP contribution in [-0.4, -0.2) is 41.9 Å². The first-order valence-electron chi connectivity index (χ1n) is 10.1. The third kappa shape index (κ3) is 4.85. The van der Waals surface area contributed by atoms with Crippen LogP contribution in [-0.2, 0) is 21.2 Å². The molecule has 1 saturated heterocycles. The number of sulfonamides is 1. The van der Waals surface area contributed by atoms with Crippen LogP contribution in [0, 0.1) is 17.2 Å². The van der Waals surface area contributed by atoms with Crippen LogP contribution < -0.4 is 5.32 Å². The number of nitrogens with zero attached hydrogens (tertiary/aromatic N) is 4. The molecular weight excluding hydrogens is 446 g/mol. The minimum atomic E-state index is -3.78. The highest BCUT2D eigenvalue weighted by molar-refractivity contribution is 7.89. The van der Waals surface area contributed by atoms with Crippen molar-refractivity contribution in [2.75, 3.05) is 18.4 Å². The summed E-state index contributed by atoms with van der Waals surface area (Å²) in [7, 11) is -3.78. The number of amides is 1. The quantitative estimate of drug-likeness (QED) is 0.596. The number of hydrogen-bond donors (Lipinski definition) is 1. The molecule has 10 heteroatoms. The number of rotatable bonds is 6. The lowest BCUT2D eigenvalue weighted by Gasteiger charge is -2.30. The van der Waals surface area contributed by atoms with E-state index in [2.05, 4.69) is 15.5 Å². The third-order valence-corrected chi connectivity index (χ3v) is 8.14. The molecule has 0 radical (unpaired) electrons.